The van der Waals surface area contributed by atoms with Gasteiger partial charge in [0, 0.05) is 18.3 Å². The molecular weight excluding hydrogens is 256 g/mol. The van der Waals surface area contributed by atoms with E-state index in [-0.39, 0.29) is 12.2 Å². The number of ether oxygens (including phenoxy) is 4. The summed E-state index contributed by atoms with van der Waals surface area (Å²) in [5.74, 6) is 11.1. The van der Waals surface area contributed by atoms with Crippen LogP contribution < -0.4 is 0 Å². The van der Waals surface area contributed by atoms with Crippen LogP contribution in [-0.4, -0.2) is 38.5 Å². The Kier molecular flexibility index (Phi) is 5.46. The van der Waals surface area contributed by atoms with Crippen LogP contribution in [0.15, 0.2) is 0 Å². The Bertz CT molecular complexity index is 421. The quantitative estimate of drug-likeness (QED) is 0.722. The maximum absolute atomic E-state index is 5.88. The van der Waals surface area contributed by atoms with E-state index in [0.717, 1.165) is 0 Å². The van der Waals surface area contributed by atoms with Crippen LogP contribution in [0.4, 0.5) is 0 Å². The second-order valence-corrected chi connectivity index (χ2v) is 5.41. The summed E-state index contributed by atoms with van der Waals surface area (Å²) >= 11 is 0. The van der Waals surface area contributed by atoms with Gasteiger partial charge in [-0.3, -0.25) is 0 Å². The molecule has 20 heavy (non-hydrogen) atoms. The van der Waals surface area contributed by atoms with Crippen molar-refractivity contribution in [3.05, 3.63) is 0 Å². The molecule has 4 heteroatoms. The summed E-state index contributed by atoms with van der Waals surface area (Å²) < 4.78 is 22.8. The van der Waals surface area contributed by atoms with Gasteiger partial charge < -0.3 is 18.9 Å². The lowest BCUT2D eigenvalue weighted by Crippen LogP contribution is -2.46. The number of hydrogen-bond donors (Lipinski definition) is 0. The summed E-state index contributed by atoms with van der Waals surface area (Å²) in [5, 5.41) is 0. The van der Waals surface area contributed by atoms with Crippen LogP contribution >= 0.6 is 0 Å². The Morgan fingerprint density at radius 3 is 2.25 bits per heavy atom. The average molecular weight is 278 g/mol. The fourth-order valence-electron chi connectivity index (χ4n) is 2.21. The van der Waals surface area contributed by atoms with Crippen molar-refractivity contribution >= 4 is 0 Å². The van der Waals surface area contributed by atoms with Gasteiger partial charge in [-0.2, -0.15) is 0 Å². The van der Waals surface area contributed by atoms with Crippen molar-refractivity contribution in [1.29, 1.82) is 0 Å². The van der Waals surface area contributed by atoms with Gasteiger partial charge in [0.05, 0.1) is 26.4 Å². The standard InChI is InChI=1S/C16H22O4/c1-4-5-6-7-16(19-9-13(2)10-20-16)8-15-11-17-14(3)18-12-15/h13-15H,8-12H2,1-3H3. The summed E-state index contributed by atoms with van der Waals surface area (Å²) in [6, 6.07) is 0. The zero-order chi connectivity index (χ0) is 14.4. The maximum Gasteiger partial charge on any atom is 0.234 e. The minimum absolute atomic E-state index is 0.132. The van der Waals surface area contributed by atoms with E-state index in [1.807, 2.05) is 6.92 Å². The molecule has 0 atom stereocenters. The Morgan fingerprint density at radius 1 is 1.00 bits per heavy atom. The van der Waals surface area contributed by atoms with Gasteiger partial charge in [-0.15, -0.1) is 0 Å². The molecule has 0 amide bonds. The SMILES string of the molecule is CC#CC#CC1(CC2COC(C)OC2)OCC(C)CO1. The molecule has 2 aliphatic rings. The van der Waals surface area contributed by atoms with Crippen molar-refractivity contribution in [2.24, 2.45) is 11.8 Å². The largest absolute Gasteiger partial charge is 0.353 e. The van der Waals surface area contributed by atoms with Gasteiger partial charge in [-0.25, -0.2) is 0 Å². The molecule has 0 spiro atoms. The molecule has 2 saturated heterocycles. The molecule has 2 rings (SSSR count). The fourth-order valence-corrected chi connectivity index (χ4v) is 2.21. The van der Waals surface area contributed by atoms with Crippen molar-refractivity contribution in [2.45, 2.75) is 39.3 Å². The lowest BCUT2D eigenvalue weighted by Gasteiger charge is -2.38. The monoisotopic (exact) mass is 278 g/mol. The van der Waals surface area contributed by atoms with Crippen LogP contribution in [-0.2, 0) is 18.9 Å². The third kappa shape index (κ3) is 4.23. The summed E-state index contributed by atoms with van der Waals surface area (Å²) in [7, 11) is 0. The predicted octanol–water partition coefficient (Wildman–Crippen LogP) is 1.79. The first-order valence-corrected chi connectivity index (χ1v) is 7.08. The molecule has 4 nitrogen and oxygen atoms in total. The normalized spacial score (nSPS) is 37.2. The Balaban J connectivity index is 2.02. The highest BCUT2D eigenvalue weighted by atomic mass is 16.7. The van der Waals surface area contributed by atoms with E-state index < -0.39 is 5.79 Å². The molecule has 2 heterocycles. The van der Waals surface area contributed by atoms with Gasteiger partial charge in [0.15, 0.2) is 6.29 Å². The van der Waals surface area contributed by atoms with E-state index in [2.05, 4.69) is 30.6 Å². The smallest absolute Gasteiger partial charge is 0.234 e. The molecule has 0 saturated carbocycles. The van der Waals surface area contributed by atoms with Gasteiger partial charge in [-0.1, -0.05) is 12.8 Å². The third-order valence-corrected chi connectivity index (χ3v) is 3.33. The number of rotatable bonds is 2. The molecule has 2 aliphatic heterocycles. The summed E-state index contributed by atoms with van der Waals surface area (Å²) in [6.07, 6.45) is 0.512. The molecule has 0 unspecified atom stereocenters. The highest BCUT2D eigenvalue weighted by molar-refractivity contribution is 5.28. The molecule has 0 aliphatic carbocycles. The average Bonchev–Trinajstić information content (AvgIpc) is 2.45. The molecule has 0 N–H and O–H groups in total. The fraction of sp³-hybridized carbons (Fsp3) is 0.750. The first-order valence-electron chi connectivity index (χ1n) is 7.08. The lowest BCUT2D eigenvalue weighted by molar-refractivity contribution is -0.268. The minimum atomic E-state index is -0.867. The molecular formula is C16H22O4. The van der Waals surface area contributed by atoms with E-state index in [4.69, 9.17) is 18.9 Å². The van der Waals surface area contributed by atoms with Crippen molar-refractivity contribution in [3.8, 4) is 23.7 Å². The molecule has 0 aromatic heterocycles. The van der Waals surface area contributed by atoms with Gasteiger partial charge in [0.2, 0.25) is 5.79 Å². The van der Waals surface area contributed by atoms with Crippen molar-refractivity contribution in [2.75, 3.05) is 26.4 Å². The molecule has 2 fully saturated rings. The van der Waals surface area contributed by atoms with Crippen molar-refractivity contribution in [3.63, 3.8) is 0 Å². The number of hydrogen-bond acceptors (Lipinski definition) is 4. The molecule has 0 radical (unpaired) electrons. The van der Waals surface area contributed by atoms with E-state index >= 15 is 0 Å². The molecule has 110 valence electrons. The lowest BCUT2D eigenvalue weighted by atomic mass is 9.98. The van der Waals surface area contributed by atoms with Crippen LogP contribution in [0.25, 0.3) is 0 Å². The maximum atomic E-state index is 5.88. The topological polar surface area (TPSA) is 36.9 Å². The van der Waals surface area contributed by atoms with Crippen LogP contribution in [0.5, 0.6) is 0 Å². The summed E-state index contributed by atoms with van der Waals surface area (Å²) in [4.78, 5) is 0. The second-order valence-electron chi connectivity index (χ2n) is 5.41. The van der Waals surface area contributed by atoms with Crippen LogP contribution in [0, 0.1) is 35.5 Å². The summed E-state index contributed by atoms with van der Waals surface area (Å²) in [5.41, 5.74) is 0. The Morgan fingerprint density at radius 2 is 1.65 bits per heavy atom. The molecule has 0 aromatic carbocycles. The highest BCUT2D eigenvalue weighted by Gasteiger charge is 2.38. The highest BCUT2D eigenvalue weighted by Crippen LogP contribution is 2.30. The van der Waals surface area contributed by atoms with E-state index in [1.54, 1.807) is 6.92 Å². The van der Waals surface area contributed by atoms with Crippen LogP contribution in [0.3, 0.4) is 0 Å². The minimum Gasteiger partial charge on any atom is -0.353 e. The van der Waals surface area contributed by atoms with Gasteiger partial charge in [-0.05, 0) is 31.6 Å². The van der Waals surface area contributed by atoms with Crippen molar-refractivity contribution < 1.29 is 18.9 Å². The van der Waals surface area contributed by atoms with Crippen LogP contribution in [0.1, 0.15) is 27.2 Å². The third-order valence-electron chi connectivity index (χ3n) is 3.33. The first-order chi connectivity index (χ1) is 9.63. The van der Waals surface area contributed by atoms with Gasteiger partial charge in [0.1, 0.15) is 0 Å². The summed E-state index contributed by atoms with van der Waals surface area (Å²) in [6.45, 7) is 8.35. The van der Waals surface area contributed by atoms with Gasteiger partial charge >= 0.3 is 0 Å². The Hall–Kier alpha value is -1.04. The zero-order valence-electron chi connectivity index (χ0n) is 12.4. The predicted molar refractivity (Wildman–Crippen MR) is 74.5 cm³/mol. The van der Waals surface area contributed by atoms with E-state index in [0.29, 0.717) is 38.8 Å². The molecule has 0 aromatic rings. The van der Waals surface area contributed by atoms with Crippen LogP contribution in [0.2, 0.25) is 0 Å². The first kappa shape index (κ1) is 15.4. The van der Waals surface area contributed by atoms with Gasteiger partial charge in [0.25, 0.3) is 0 Å². The zero-order valence-corrected chi connectivity index (χ0v) is 12.4. The van der Waals surface area contributed by atoms with E-state index in [1.165, 1.54) is 0 Å². The van der Waals surface area contributed by atoms with Crippen molar-refractivity contribution in [1.82, 2.24) is 0 Å². The van der Waals surface area contributed by atoms with E-state index in [9.17, 15) is 0 Å². The second kappa shape index (κ2) is 7.11. The molecule has 0 bridgehead atoms. The Labute approximate surface area is 121 Å².